The van der Waals surface area contributed by atoms with Crippen molar-refractivity contribution in [1.29, 1.82) is 0 Å². The van der Waals surface area contributed by atoms with Gasteiger partial charge in [-0.25, -0.2) is 0 Å². The van der Waals surface area contributed by atoms with Gasteiger partial charge in [0.15, 0.2) is 0 Å². The van der Waals surface area contributed by atoms with Crippen molar-refractivity contribution in [3.8, 4) is 17.4 Å². The molecule has 1 aliphatic rings. The van der Waals surface area contributed by atoms with E-state index in [1.165, 1.54) is 6.26 Å². The molecule has 0 atom stereocenters. The van der Waals surface area contributed by atoms with Crippen molar-refractivity contribution < 1.29 is 19.0 Å². The standard InChI is InChI=1S/C5H4O4/c6-5-4-3(1-7-5)8-2-9-4/h1,6H,2H2. The maximum Gasteiger partial charge on any atom is 0.330 e. The fourth-order valence-corrected chi connectivity index (χ4v) is 0.706. The largest absolute Gasteiger partial charge is 0.478 e. The smallest absolute Gasteiger partial charge is 0.330 e. The maximum absolute atomic E-state index is 8.80. The van der Waals surface area contributed by atoms with E-state index in [0.29, 0.717) is 11.5 Å². The molecule has 48 valence electrons. The van der Waals surface area contributed by atoms with Crippen LogP contribution >= 0.6 is 0 Å². The lowest BCUT2D eigenvalue weighted by Gasteiger charge is -1.88. The fraction of sp³-hybridized carbons (Fsp3) is 0.200. The van der Waals surface area contributed by atoms with Crippen LogP contribution in [-0.4, -0.2) is 11.9 Å². The molecule has 2 heterocycles. The molecule has 0 amide bonds. The minimum atomic E-state index is -0.220. The van der Waals surface area contributed by atoms with E-state index >= 15 is 0 Å². The molecule has 9 heavy (non-hydrogen) atoms. The van der Waals surface area contributed by atoms with Gasteiger partial charge in [0, 0.05) is 0 Å². The zero-order valence-corrected chi connectivity index (χ0v) is 4.46. The van der Waals surface area contributed by atoms with E-state index < -0.39 is 0 Å². The van der Waals surface area contributed by atoms with Gasteiger partial charge in [-0.2, -0.15) is 0 Å². The summed E-state index contributed by atoms with van der Waals surface area (Å²) in [6.45, 7) is 0.161. The summed E-state index contributed by atoms with van der Waals surface area (Å²) in [5, 5.41) is 8.80. The summed E-state index contributed by atoms with van der Waals surface area (Å²) in [5.74, 6) is 0.546. The van der Waals surface area contributed by atoms with Crippen LogP contribution in [0.4, 0.5) is 0 Å². The van der Waals surface area contributed by atoms with Gasteiger partial charge in [0.25, 0.3) is 0 Å². The highest BCUT2D eigenvalue weighted by molar-refractivity contribution is 5.45. The van der Waals surface area contributed by atoms with Crippen LogP contribution in [0.15, 0.2) is 10.7 Å². The van der Waals surface area contributed by atoms with E-state index in [4.69, 9.17) is 14.6 Å². The van der Waals surface area contributed by atoms with E-state index in [1.54, 1.807) is 0 Å². The molecule has 0 unspecified atom stereocenters. The third-order valence-electron chi connectivity index (χ3n) is 1.11. The summed E-state index contributed by atoms with van der Waals surface area (Å²) in [5.41, 5.74) is 0. The van der Waals surface area contributed by atoms with Gasteiger partial charge in [0.05, 0.1) is 0 Å². The number of aromatic hydroxyl groups is 1. The Labute approximate surface area is 50.6 Å². The van der Waals surface area contributed by atoms with Gasteiger partial charge in [0.2, 0.25) is 18.3 Å². The molecule has 0 saturated carbocycles. The Morgan fingerprint density at radius 2 is 2.33 bits per heavy atom. The number of furan rings is 1. The second-order valence-corrected chi connectivity index (χ2v) is 1.64. The predicted molar refractivity (Wildman–Crippen MR) is 26.5 cm³/mol. The van der Waals surface area contributed by atoms with Gasteiger partial charge in [-0.1, -0.05) is 0 Å². The van der Waals surface area contributed by atoms with Crippen LogP contribution in [0.25, 0.3) is 0 Å². The first kappa shape index (κ1) is 4.55. The molecule has 0 aliphatic carbocycles. The van der Waals surface area contributed by atoms with E-state index in [1.807, 2.05) is 0 Å². The molecule has 0 aromatic carbocycles. The van der Waals surface area contributed by atoms with Crippen molar-refractivity contribution in [1.82, 2.24) is 0 Å². The van der Waals surface area contributed by atoms with Crippen molar-refractivity contribution in [3.05, 3.63) is 6.26 Å². The van der Waals surface area contributed by atoms with Crippen molar-refractivity contribution >= 4 is 0 Å². The summed E-state index contributed by atoms with van der Waals surface area (Å²) in [6.07, 6.45) is 1.30. The van der Waals surface area contributed by atoms with Crippen LogP contribution in [0, 0.1) is 0 Å². The minimum Gasteiger partial charge on any atom is -0.478 e. The molecule has 4 heteroatoms. The molecule has 0 bridgehead atoms. The summed E-state index contributed by atoms with van der Waals surface area (Å²) in [7, 11) is 0. The molecular formula is C5H4O4. The Kier molecular flexibility index (Phi) is 0.677. The summed E-state index contributed by atoms with van der Waals surface area (Å²) >= 11 is 0. The first-order chi connectivity index (χ1) is 4.38. The lowest BCUT2D eigenvalue weighted by molar-refractivity contribution is 0.158. The van der Waals surface area contributed by atoms with Crippen molar-refractivity contribution in [2.45, 2.75) is 0 Å². The normalized spacial score (nSPS) is 14.2. The zero-order valence-electron chi connectivity index (χ0n) is 4.46. The Balaban J connectivity index is 2.56. The van der Waals surface area contributed by atoms with E-state index in [2.05, 4.69) is 4.42 Å². The third-order valence-corrected chi connectivity index (χ3v) is 1.11. The van der Waals surface area contributed by atoms with Crippen LogP contribution in [-0.2, 0) is 0 Å². The lowest BCUT2D eigenvalue weighted by Crippen LogP contribution is -1.93. The maximum atomic E-state index is 8.80. The molecule has 0 radical (unpaired) electrons. The zero-order chi connectivity index (χ0) is 6.27. The lowest BCUT2D eigenvalue weighted by atomic mass is 10.5. The molecule has 0 fully saturated rings. The molecule has 1 aliphatic heterocycles. The number of fused-ring (bicyclic) bond motifs is 1. The minimum absolute atomic E-state index is 0.161. The van der Waals surface area contributed by atoms with Crippen molar-refractivity contribution in [2.24, 2.45) is 0 Å². The molecule has 4 nitrogen and oxygen atoms in total. The summed E-state index contributed by atoms with van der Waals surface area (Å²) in [4.78, 5) is 0. The van der Waals surface area contributed by atoms with E-state index in [-0.39, 0.29) is 12.7 Å². The average molecular weight is 128 g/mol. The van der Waals surface area contributed by atoms with Gasteiger partial charge < -0.3 is 19.0 Å². The quantitative estimate of drug-likeness (QED) is 0.559. The van der Waals surface area contributed by atoms with Gasteiger partial charge >= 0.3 is 5.95 Å². The van der Waals surface area contributed by atoms with Crippen molar-refractivity contribution in [2.75, 3.05) is 6.79 Å². The highest BCUT2D eigenvalue weighted by atomic mass is 16.7. The second-order valence-electron chi connectivity index (χ2n) is 1.64. The Bertz CT molecular complexity index is 227. The number of hydrogen-bond acceptors (Lipinski definition) is 4. The fourth-order valence-electron chi connectivity index (χ4n) is 0.706. The number of rotatable bonds is 0. The molecule has 1 N–H and O–H groups in total. The van der Waals surface area contributed by atoms with Crippen molar-refractivity contribution in [3.63, 3.8) is 0 Å². The monoisotopic (exact) mass is 128 g/mol. The van der Waals surface area contributed by atoms with Crippen LogP contribution in [0.1, 0.15) is 0 Å². The van der Waals surface area contributed by atoms with E-state index in [0.717, 1.165) is 0 Å². The molecule has 1 aromatic heterocycles. The first-order valence-corrected chi connectivity index (χ1v) is 2.44. The molecule has 1 aromatic rings. The van der Waals surface area contributed by atoms with Crippen LogP contribution in [0.5, 0.6) is 17.4 Å². The third kappa shape index (κ3) is 0.468. The number of ether oxygens (including phenoxy) is 2. The SMILES string of the molecule is Oc1occ2c1OCO2. The van der Waals surface area contributed by atoms with Gasteiger partial charge in [0.1, 0.15) is 6.26 Å². The van der Waals surface area contributed by atoms with Gasteiger partial charge in [-0.05, 0) is 0 Å². The van der Waals surface area contributed by atoms with Gasteiger partial charge in [-0.15, -0.1) is 0 Å². The predicted octanol–water partition coefficient (Wildman–Crippen LogP) is 0.714. The first-order valence-electron chi connectivity index (χ1n) is 2.44. The Morgan fingerprint density at radius 1 is 1.44 bits per heavy atom. The summed E-state index contributed by atoms with van der Waals surface area (Å²) < 4.78 is 14.2. The molecule has 0 saturated heterocycles. The average Bonchev–Trinajstić information content (AvgIpc) is 2.35. The molecular weight excluding hydrogens is 124 g/mol. The van der Waals surface area contributed by atoms with Crippen LogP contribution in [0.3, 0.4) is 0 Å². The highest BCUT2D eigenvalue weighted by Gasteiger charge is 2.21. The van der Waals surface area contributed by atoms with Gasteiger partial charge in [-0.3, -0.25) is 0 Å². The van der Waals surface area contributed by atoms with E-state index in [9.17, 15) is 0 Å². The highest BCUT2D eigenvalue weighted by Crippen LogP contribution is 2.41. The number of hydrogen-bond donors (Lipinski definition) is 1. The second kappa shape index (κ2) is 1.34. The Hall–Kier alpha value is -1.32. The molecule has 2 rings (SSSR count). The van der Waals surface area contributed by atoms with Crippen LogP contribution < -0.4 is 9.47 Å². The van der Waals surface area contributed by atoms with Crippen LogP contribution in [0.2, 0.25) is 0 Å². The summed E-state index contributed by atoms with van der Waals surface area (Å²) in [6, 6.07) is 0. The topological polar surface area (TPSA) is 51.8 Å². The Morgan fingerprint density at radius 3 is 3.11 bits per heavy atom. The molecule has 0 spiro atoms.